The number of aryl methyl sites for hydroxylation is 1. The van der Waals surface area contributed by atoms with Crippen LogP contribution in [-0.2, 0) is 6.54 Å². The fourth-order valence-corrected chi connectivity index (χ4v) is 4.98. The van der Waals surface area contributed by atoms with E-state index in [4.69, 9.17) is 4.98 Å². The van der Waals surface area contributed by atoms with Crippen molar-refractivity contribution in [1.82, 2.24) is 19.5 Å². The lowest BCUT2D eigenvalue weighted by molar-refractivity contribution is 0.713. The minimum absolute atomic E-state index is 0.925. The Balaban J connectivity index is 1.41. The molecular weight excluding hydrogens is 416 g/mol. The van der Waals surface area contributed by atoms with E-state index in [1.54, 1.807) is 11.8 Å². The Hall–Kier alpha value is -1.44. The number of aromatic nitrogens is 4. The van der Waals surface area contributed by atoms with Gasteiger partial charge in [0, 0.05) is 23.4 Å². The highest BCUT2D eigenvalue weighted by molar-refractivity contribution is 9.09. The summed E-state index contributed by atoms with van der Waals surface area (Å²) in [6.07, 6.45) is 0. The summed E-state index contributed by atoms with van der Waals surface area (Å²) in [6.45, 7) is 0.930. The van der Waals surface area contributed by atoms with Crippen LogP contribution in [0.4, 0.5) is 0 Å². The standard InChI is InChI=1S/C18H17BrN4S2/c19-9-10-23-16-8-4-3-7-15(16)22-18(23)25-12-11-24-17-20-13-5-1-2-6-14(13)21-17/h1-8H,9-12H2,(H,20,21). The molecule has 0 saturated carbocycles. The molecule has 1 N–H and O–H groups in total. The lowest BCUT2D eigenvalue weighted by Crippen LogP contribution is -2.01. The third kappa shape index (κ3) is 3.73. The number of thioether (sulfide) groups is 2. The number of nitrogens with zero attached hydrogens (tertiary/aromatic N) is 3. The summed E-state index contributed by atoms with van der Waals surface area (Å²) in [5.41, 5.74) is 4.39. The van der Waals surface area contributed by atoms with Crippen LogP contribution in [0.3, 0.4) is 0 Å². The van der Waals surface area contributed by atoms with Crippen LogP contribution < -0.4 is 0 Å². The van der Waals surface area contributed by atoms with Gasteiger partial charge in [-0.05, 0) is 24.3 Å². The fourth-order valence-electron chi connectivity index (χ4n) is 2.73. The molecule has 0 bridgehead atoms. The average Bonchev–Trinajstić information content (AvgIpc) is 3.20. The first-order valence-corrected chi connectivity index (χ1v) is 11.2. The van der Waals surface area contributed by atoms with Gasteiger partial charge in [-0.25, -0.2) is 9.97 Å². The number of fused-ring (bicyclic) bond motifs is 2. The molecule has 2 aromatic carbocycles. The molecule has 0 spiro atoms. The van der Waals surface area contributed by atoms with Gasteiger partial charge in [-0.15, -0.1) is 0 Å². The molecule has 0 aliphatic heterocycles. The number of para-hydroxylation sites is 4. The number of hydrogen-bond donors (Lipinski definition) is 1. The number of hydrogen-bond acceptors (Lipinski definition) is 4. The molecule has 128 valence electrons. The summed E-state index contributed by atoms with van der Waals surface area (Å²) in [5.74, 6) is 1.98. The van der Waals surface area contributed by atoms with Crippen molar-refractivity contribution in [1.29, 1.82) is 0 Å². The van der Waals surface area contributed by atoms with Gasteiger partial charge >= 0.3 is 0 Å². The Bertz CT molecular complexity index is 962. The van der Waals surface area contributed by atoms with Gasteiger partial charge < -0.3 is 9.55 Å². The number of rotatable bonds is 7. The Morgan fingerprint density at radius 1 is 0.920 bits per heavy atom. The number of benzene rings is 2. The second-order valence-corrected chi connectivity index (χ2v) is 8.42. The van der Waals surface area contributed by atoms with Gasteiger partial charge in [-0.1, -0.05) is 63.7 Å². The molecule has 4 aromatic rings. The first-order chi connectivity index (χ1) is 12.3. The van der Waals surface area contributed by atoms with E-state index in [0.29, 0.717) is 0 Å². The summed E-state index contributed by atoms with van der Waals surface area (Å²) < 4.78 is 2.29. The topological polar surface area (TPSA) is 46.5 Å². The van der Waals surface area contributed by atoms with E-state index in [-0.39, 0.29) is 0 Å². The van der Waals surface area contributed by atoms with Gasteiger partial charge in [0.1, 0.15) is 0 Å². The number of aromatic amines is 1. The molecule has 0 aliphatic rings. The zero-order valence-corrected chi connectivity index (χ0v) is 16.7. The van der Waals surface area contributed by atoms with Crippen LogP contribution in [0.15, 0.2) is 58.8 Å². The van der Waals surface area contributed by atoms with E-state index in [1.807, 2.05) is 36.0 Å². The van der Waals surface area contributed by atoms with Crippen molar-refractivity contribution in [3.05, 3.63) is 48.5 Å². The Kier molecular flexibility index (Phi) is 5.33. The van der Waals surface area contributed by atoms with Crippen molar-refractivity contribution in [2.45, 2.75) is 16.9 Å². The van der Waals surface area contributed by atoms with Crippen molar-refractivity contribution < 1.29 is 0 Å². The Morgan fingerprint density at radius 2 is 1.68 bits per heavy atom. The summed E-state index contributed by atoms with van der Waals surface area (Å²) >= 11 is 7.11. The van der Waals surface area contributed by atoms with E-state index in [0.717, 1.165) is 50.2 Å². The van der Waals surface area contributed by atoms with E-state index < -0.39 is 0 Å². The summed E-state index contributed by atoms with van der Waals surface area (Å²) in [5, 5.41) is 3.00. The second kappa shape index (κ2) is 7.85. The third-order valence-corrected chi connectivity index (χ3v) is 6.31. The maximum atomic E-state index is 4.78. The predicted octanol–water partition coefficient (Wildman–Crippen LogP) is 5.19. The van der Waals surface area contributed by atoms with Gasteiger partial charge in [0.2, 0.25) is 0 Å². The van der Waals surface area contributed by atoms with Gasteiger partial charge in [-0.3, -0.25) is 0 Å². The number of imidazole rings is 2. The molecule has 0 amide bonds. The molecule has 2 aromatic heterocycles. The minimum Gasteiger partial charge on any atom is -0.333 e. The SMILES string of the molecule is BrCCn1c(SCCSc2nc3ccccc3[nH]2)nc2ccccc21. The highest BCUT2D eigenvalue weighted by Crippen LogP contribution is 2.26. The number of alkyl halides is 1. The Labute approximate surface area is 162 Å². The molecule has 0 unspecified atom stereocenters. The van der Waals surface area contributed by atoms with Crippen LogP contribution in [0, 0.1) is 0 Å². The van der Waals surface area contributed by atoms with Crippen molar-refractivity contribution in [2.24, 2.45) is 0 Å². The molecule has 0 fully saturated rings. The maximum Gasteiger partial charge on any atom is 0.169 e. The first kappa shape index (κ1) is 17.0. The molecule has 0 aliphatic carbocycles. The molecule has 0 saturated heterocycles. The van der Waals surface area contributed by atoms with Crippen LogP contribution in [0.2, 0.25) is 0 Å². The van der Waals surface area contributed by atoms with Crippen LogP contribution in [-0.4, -0.2) is 36.4 Å². The fraction of sp³-hybridized carbons (Fsp3) is 0.222. The zero-order valence-electron chi connectivity index (χ0n) is 13.5. The monoisotopic (exact) mass is 432 g/mol. The van der Waals surface area contributed by atoms with Crippen LogP contribution in [0.1, 0.15) is 0 Å². The van der Waals surface area contributed by atoms with Crippen LogP contribution >= 0.6 is 39.5 Å². The molecule has 0 radical (unpaired) electrons. The molecule has 25 heavy (non-hydrogen) atoms. The normalized spacial score (nSPS) is 11.6. The Morgan fingerprint density at radius 3 is 2.52 bits per heavy atom. The molecule has 7 heteroatoms. The van der Waals surface area contributed by atoms with E-state index in [2.05, 4.69) is 54.7 Å². The maximum absolute atomic E-state index is 4.78. The van der Waals surface area contributed by atoms with Crippen LogP contribution in [0.25, 0.3) is 22.1 Å². The van der Waals surface area contributed by atoms with Gasteiger partial charge in [0.25, 0.3) is 0 Å². The second-order valence-electron chi connectivity index (χ2n) is 5.48. The average molecular weight is 433 g/mol. The summed E-state index contributed by atoms with van der Waals surface area (Å²) in [6, 6.07) is 16.5. The van der Waals surface area contributed by atoms with E-state index in [1.165, 1.54) is 5.52 Å². The molecule has 2 heterocycles. The number of nitrogens with one attached hydrogen (secondary N) is 1. The van der Waals surface area contributed by atoms with Crippen molar-refractivity contribution in [2.75, 3.05) is 16.8 Å². The third-order valence-electron chi connectivity index (χ3n) is 3.85. The number of halogens is 1. The predicted molar refractivity (Wildman–Crippen MR) is 111 cm³/mol. The number of H-pyrrole nitrogens is 1. The minimum atomic E-state index is 0.925. The van der Waals surface area contributed by atoms with Crippen molar-refractivity contribution in [3.8, 4) is 0 Å². The van der Waals surface area contributed by atoms with Gasteiger partial charge in [0.05, 0.1) is 22.1 Å². The molecule has 0 atom stereocenters. The lowest BCUT2D eigenvalue weighted by Gasteiger charge is -2.06. The quantitative estimate of drug-likeness (QED) is 0.248. The first-order valence-electron chi connectivity index (χ1n) is 8.07. The van der Waals surface area contributed by atoms with E-state index >= 15 is 0 Å². The molecule has 4 rings (SSSR count). The summed E-state index contributed by atoms with van der Waals surface area (Å²) in [7, 11) is 0. The van der Waals surface area contributed by atoms with Gasteiger partial charge in [-0.2, -0.15) is 0 Å². The van der Waals surface area contributed by atoms with Crippen molar-refractivity contribution in [3.63, 3.8) is 0 Å². The smallest absolute Gasteiger partial charge is 0.169 e. The highest BCUT2D eigenvalue weighted by Gasteiger charge is 2.10. The van der Waals surface area contributed by atoms with E-state index in [9.17, 15) is 0 Å². The molecule has 4 nitrogen and oxygen atoms in total. The van der Waals surface area contributed by atoms with Crippen LogP contribution in [0.5, 0.6) is 0 Å². The zero-order chi connectivity index (χ0) is 17.1. The lowest BCUT2D eigenvalue weighted by atomic mass is 10.3. The summed E-state index contributed by atoms with van der Waals surface area (Å²) in [4.78, 5) is 12.8. The highest BCUT2D eigenvalue weighted by atomic mass is 79.9. The largest absolute Gasteiger partial charge is 0.333 e. The molecular formula is C18H17BrN4S2. The van der Waals surface area contributed by atoms with Gasteiger partial charge in [0.15, 0.2) is 10.3 Å². The van der Waals surface area contributed by atoms with Crippen molar-refractivity contribution >= 4 is 61.5 Å².